The number of imidazole rings is 1. The summed E-state index contributed by atoms with van der Waals surface area (Å²) in [6, 6.07) is 4.33. The van der Waals surface area contributed by atoms with Crippen molar-refractivity contribution in [3.63, 3.8) is 0 Å². The summed E-state index contributed by atoms with van der Waals surface area (Å²) in [6.45, 7) is 3.65. The van der Waals surface area contributed by atoms with E-state index in [0.717, 1.165) is 0 Å². The Morgan fingerprint density at radius 2 is 2.20 bits per heavy atom. The molecule has 104 valence electrons. The van der Waals surface area contributed by atoms with E-state index in [9.17, 15) is 14.9 Å². The summed E-state index contributed by atoms with van der Waals surface area (Å²) in [7, 11) is 0. The molecule has 2 rings (SSSR count). The van der Waals surface area contributed by atoms with E-state index >= 15 is 0 Å². The topological polar surface area (TPSA) is 90.1 Å². The van der Waals surface area contributed by atoms with Crippen LogP contribution < -0.4 is 5.32 Å². The zero-order valence-corrected chi connectivity index (χ0v) is 11.1. The molecule has 1 aromatic carbocycles. The molecule has 0 saturated heterocycles. The molecule has 0 aliphatic heterocycles. The number of amides is 1. The van der Waals surface area contributed by atoms with Crippen molar-refractivity contribution in [2.45, 2.75) is 19.9 Å². The van der Waals surface area contributed by atoms with Gasteiger partial charge < -0.3 is 9.88 Å². The maximum Gasteiger partial charge on any atom is 0.294 e. The van der Waals surface area contributed by atoms with Gasteiger partial charge in [0.1, 0.15) is 5.69 Å². The smallest absolute Gasteiger partial charge is 0.294 e. The number of hydrogen-bond donors (Lipinski definition) is 1. The number of rotatable bonds is 4. The lowest BCUT2D eigenvalue weighted by atomic mass is 10.1. The molecule has 1 N–H and O–H groups in total. The van der Waals surface area contributed by atoms with Crippen LogP contribution in [-0.4, -0.2) is 26.4 Å². The van der Waals surface area contributed by atoms with Crippen LogP contribution >= 0.6 is 0 Å². The fourth-order valence-corrected chi connectivity index (χ4v) is 1.78. The summed E-state index contributed by atoms with van der Waals surface area (Å²) in [6.07, 6.45) is 4.61. The Morgan fingerprint density at radius 1 is 1.45 bits per heavy atom. The first-order valence-electron chi connectivity index (χ1n) is 6.06. The molecule has 0 spiro atoms. The average Bonchev–Trinajstić information content (AvgIpc) is 2.90. The van der Waals surface area contributed by atoms with Gasteiger partial charge in [-0.25, -0.2) is 4.98 Å². The van der Waals surface area contributed by atoms with Crippen molar-refractivity contribution in [3.8, 4) is 5.69 Å². The summed E-state index contributed by atoms with van der Waals surface area (Å²) in [5.74, 6) is -0.333. The number of nitrogens with zero attached hydrogens (tertiary/aromatic N) is 3. The predicted molar refractivity (Wildman–Crippen MR) is 72.8 cm³/mol. The third-order valence-electron chi connectivity index (χ3n) is 2.64. The highest BCUT2D eigenvalue weighted by Crippen LogP contribution is 2.24. The SMILES string of the molecule is CC(C)NC(=O)c1ccc(-n2ccnc2)c([N+](=O)[O-])c1. The van der Waals surface area contributed by atoms with Gasteiger partial charge in [0.15, 0.2) is 0 Å². The van der Waals surface area contributed by atoms with E-state index in [-0.39, 0.29) is 23.2 Å². The second-order valence-electron chi connectivity index (χ2n) is 4.56. The van der Waals surface area contributed by atoms with Crippen molar-refractivity contribution in [2.24, 2.45) is 0 Å². The van der Waals surface area contributed by atoms with Crippen LogP contribution in [0.3, 0.4) is 0 Å². The van der Waals surface area contributed by atoms with E-state index in [2.05, 4.69) is 10.3 Å². The van der Waals surface area contributed by atoms with Crippen LogP contribution in [0.5, 0.6) is 0 Å². The molecule has 20 heavy (non-hydrogen) atoms. The molecule has 0 radical (unpaired) electrons. The van der Waals surface area contributed by atoms with Crippen molar-refractivity contribution >= 4 is 11.6 Å². The lowest BCUT2D eigenvalue weighted by molar-refractivity contribution is -0.384. The Hall–Kier alpha value is -2.70. The number of benzene rings is 1. The molecule has 7 nitrogen and oxygen atoms in total. The van der Waals surface area contributed by atoms with Gasteiger partial charge >= 0.3 is 0 Å². The molecular formula is C13H14N4O3. The minimum atomic E-state index is -0.512. The first-order valence-corrected chi connectivity index (χ1v) is 6.06. The number of nitro benzene ring substituents is 1. The van der Waals surface area contributed by atoms with E-state index in [0.29, 0.717) is 5.69 Å². The van der Waals surface area contributed by atoms with E-state index < -0.39 is 4.92 Å². The first-order chi connectivity index (χ1) is 9.49. The van der Waals surface area contributed by atoms with E-state index in [1.807, 2.05) is 13.8 Å². The summed E-state index contributed by atoms with van der Waals surface area (Å²) in [5.41, 5.74) is 0.488. The molecular weight excluding hydrogens is 260 g/mol. The molecule has 0 aliphatic carbocycles. The Labute approximate surface area is 115 Å². The van der Waals surface area contributed by atoms with Crippen molar-refractivity contribution in [3.05, 3.63) is 52.6 Å². The molecule has 0 atom stereocenters. The highest BCUT2D eigenvalue weighted by Gasteiger charge is 2.18. The molecule has 0 bridgehead atoms. The Balaban J connectivity index is 2.43. The largest absolute Gasteiger partial charge is 0.350 e. The van der Waals surface area contributed by atoms with Gasteiger partial charge in [-0.3, -0.25) is 14.9 Å². The van der Waals surface area contributed by atoms with Crippen LogP contribution in [0.2, 0.25) is 0 Å². The van der Waals surface area contributed by atoms with Crippen LogP contribution in [-0.2, 0) is 0 Å². The highest BCUT2D eigenvalue weighted by molar-refractivity contribution is 5.95. The van der Waals surface area contributed by atoms with Gasteiger partial charge in [-0.05, 0) is 26.0 Å². The molecule has 0 aliphatic rings. The van der Waals surface area contributed by atoms with Gasteiger partial charge in [-0.15, -0.1) is 0 Å². The third-order valence-corrected chi connectivity index (χ3v) is 2.64. The van der Waals surface area contributed by atoms with E-state index in [1.54, 1.807) is 12.3 Å². The normalized spacial score (nSPS) is 10.6. The van der Waals surface area contributed by atoms with Gasteiger partial charge in [-0.2, -0.15) is 0 Å². The van der Waals surface area contributed by atoms with E-state index in [1.165, 1.54) is 29.2 Å². The van der Waals surface area contributed by atoms with Crippen molar-refractivity contribution < 1.29 is 9.72 Å². The Morgan fingerprint density at radius 3 is 2.75 bits per heavy atom. The second kappa shape index (κ2) is 5.52. The quantitative estimate of drug-likeness (QED) is 0.681. The van der Waals surface area contributed by atoms with Crippen LogP contribution in [0, 0.1) is 10.1 Å². The monoisotopic (exact) mass is 274 g/mol. The van der Waals surface area contributed by atoms with Crippen molar-refractivity contribution in [2.75, 3.05) is 0 Å². The van der Waals surface area contributed by atoms with E-state index in [4.69, 9.17) is 0 Å². The standard InChI is InChI=1S/C13H14N4O3/c1-9(2)15-13(18)10-3-4-11(12(7-10)17(19)20)16-6-5-14-8-16/h3-9H,1-2H3,(H,15,18). The lowest BCUT2D eigenvalue weighted by Crippen LogP contribution is -2.30. The van der Waals surface area contributed by atoms with Crippen LogP contribution in [0.4, 0.5) is 5.69 Å². The van der Waals surface area contributed by atoms with Gasteiger partial charge in [-0.1, -0.05) is 0 Å². The average molecular weight is 274 g/mol. The number of nitro groups is 1. The van der Waals surface area contributed by atoms with Crippen molar-refractivity contribution in [1.29, 1.82) is 0 Å². The van der Waals surface area contributed by atoms with Gasteiger partial charge in [0.2, 0.25) is 0 Å². The van der Waals surface area contributed by atoms with Crippen molar-refractivity contribution in [1.82, 2.24) is 14.9 Å². The maximum absolute atomic E-state index is 11.9. The van der Waals surface area contributed by atoms with Crippen LogP contribution in [0.15, 0.2) is 36.9 Å². The summed E-state index contributed by atoms with van der Waals surface area (Å²) >= 11 is 0. The number of aromatic nitrogens is 2. The maximum atomic E-state index is 11.9. The molecule has 1 amide bonds. The summed E-state index contributed by atoms with van der Waals surface area (Å²) in [4.78, 5) is 26.4. The Bertz CT molecular complexity index is 635. The highest BCUT2D eigenvalue weighted by atomic mass is 16.6. The molecule has 1 heterocycles. The van der Waals surface area contributed by atoms with Crippen LogP contribution in [0.1, 0.15) is 24.2 Å². The zero-order valence-electron chi connectivity index (χ0n) is 11.1. The number of carbonyl (C=O) groups is 1. The number of carbonyl (C=O) groups excluding carboxylic acids is 1. The van der Waals surface area contributed by atoms with Gasteiger partial charge in [0.05, 0.1) is 11.3 Å². The molecule has 2 aromatic rings. The lowest BCUT2D eigenvalue weighted by Gasteiger charge is -2.09. The minimum Gasteiger partial charge on any atom is -0.350 e. The molecule has 0 fully saturated rings. The van der Waals surface area contributed by atoms with Gasteiger partial charge in [0, 0.05) is 30.1 Å². The molecule has 0 saturated carbocycles. The third kappa shape index (κ3) is 2.82. The fourth-order valence-electron chi connectivity index (χ4n) is 1.78. The number of hydrogen-bond acceptors (Lipinski definition) is 4. The summed E-state index contributed by atoms with van der Waals surface area (Å²) in [5, 5.41) is 13.9. The predicted octanol–water partition coefficient (Wildman–Crippen LogP) is 1.92. The van der Waals surface area contributed by atoms with Gasteiger partial charge in [0.25, 0.3) is 11.6 Å². The second-order valence-corrected chi connectivity index (χ2v) is 4.56. The van der Waals surface area contributed by atoms with Crippen LogP contribution in [0.25, 0.3) is 5.69 Å². The zero-order chi connectivity index (χ0) is 14.7. The summed E-state index contributed by atoms with van der Waals surface area (Å²) < 4.78 is 1.53. The fraction of sp³-hybridized carbons (Fsp3) is 0.231. The molecule has 1 aromatic heterocycles. The molecule has 7 heteroatoms. The first kappa shape index (κ1) is 13.7. The Kier molecular flexibility index (Phi) is 3.79. The number of nitrogens with one attached hydrogen (secondary N) is 1. The molecule has 0 unspecified atom stereocenters. The minimum absolute atomic E-state index is 0.0325.